The Balaban J connectivity index is 2.17. The molecule has 0 aromatic carbocycles. The maximum atomic E-state index is 12.1. The molecule has 128 valence electrons. The van der Waals surface area contributed by atoms with Crippen LogP contribution in [0.25, 0.3) is 0 Å². The number of carboxylic acids is 1. The Bertz CT molecular complexity index is 586. The Morgan fingerprint density at radius 2 is 2.17 bits per heavy atom. The molecule has 2 rings (SSSR count). The monoisotopic (exact) mass is 344 g/mol. The molecule has 1 unspecified atom stereocenters. The predicted molar refractivity (Wildman–Crippen MR) is 82.2 cm³/mol. The molecule has 8 nitrogen and oxygen atoms in total. The maximum absolute atomic E-state index is 12.1. The van der Waals surface area contributed by atoms with E-state index in [1.165, 1.54) is 25.9 Å². The number of aliphatic hydroxyl groups excluding tert-OH is 1. The third kappa shape index (κ3) is 2.96. The molecule has 0 radical (unpaired) electrons. The van der Waals surface area contributed by atoms with Gasteiger partial charge >= 0.3 is 11.9 Å². The Hall–Kier alpha value is -1.58. The molecule has 4 N–H and O–H groups in total. The van der Waals surface area contributed by atoms with Gasteiger partial charge in [-0.25, -0.2) is 4.79 Å². The minimum absolute atomic E-state index is 0.0810. The molecule has 2 aliphatic heterocycles. The van der Waals surface area contributed by atoms with Crippen LogP contribution in [0.1, 0.15) is 20.3 Å². The van der Waals surface area contributed by atoms with Gasteiger partial charge in [0.2, 0.25) is 5.91 Å². The van der Waals surface area contributed by atoms with Gasteiger partial charge in [0.05, 0.1) is 25.2 Å². The first kappa shape index (κ1) is 17.8. The van der Waals surface area contributed by atoms with Gasteiger partial charge < -0.3 is 25.6 Å². The molecule has 2 aliphatic rings. The first-order chi connectivity index (χ1) is 10.6. The van der Waals surface area contributed by atoms with E-state index in [1.54, 1.807) is 0 Å². The fourth-order valence-electron chi connectivity index (χ4n) is 2.89. The second-order valence-electron chi connectivity index (χ2n) is 6.02. The van der Waals surface area contributed by atoms with E-state index in [4.69, 9.17) is 5.73 Å². The summed E-state index contributed by atoms with van der Waals surface area (Å²) >= 11 is 1.13. The van der Waals surface area contributed by atoms with E-state index in [2.05, 4.69) is 4.74 Å². The third-order valence-electron chi connectivity index (χ3n) is 4.09. The van der Waals surface area contributed by atoms with E-state index < -0.39 is 29.5 Å². The van der Waals surface area contributed by atoms with Gasteiger partial charge in [-0.05, 0) is 13.8 Å². The number of β-lactam (4-membered cyclic amide) rings is 1. The number of carbonyl (C=O) groups is 3. The highest BCUT2D eigenvalue weighted by molar-refractivity contribution is 8.03. The van der Waals surface area contributed by atoms with Crippen LogP contribution in [0.15, 0.2) is 10.6 Å². The van der Waals surface area contributed by atoms with Crippen molar-refractivity contribution in [1.29, 1.82) is 0 Å². The highest BCUT2D eigenvalue weighted by Gasteiger charge is 2.56. The van der Waals surface area contributed by atoms with E-state index in [-0.39, 0.29) is 23.4 Å². The van der Waals surface area contributed by atoms with Crippen molar-refractivity contribution in [2.75, 3.05) is 12.9 Å². The second kappa shape index (κ2) is 6.14. The summed E-state index contributed by atoms with van der Waals surface area (Å²) in [4.78, 5) is 36.8. The lowest BCUT2D eigenvalue weighted by atomic mass is 9.83. The number of aliphatic carboxylic acids is 1. The van der Waals surface area contributed by atoms with Crippen LogP contribution < -0.4 is 5.73 Å². The van der Waals surface area contributed by atoms with Gasteiger partial charge in [-0.15, -0.1) is 11.8 Å². The molecule has 0 saturated carbocycles. The molecule has 0 aromatic heterocycles. The average Bonchev–Trinajstić information content (AvgIpc) is 2.78. The van der Waals surface area contributed by atoms with Gasteiger partial charge in [0, 0.05) is 17.1 Å². The number of amides is 1. The lowest BCUT2D eigenvalue weighted by Crippen LogP contribution is -2.61. The normalized spacial score (nSPS) is 27.2. The molecule has 1 amide bonds. The van der Waals surface area contributed by atoms with E-state index in [0.29, 0.717) is 11.3 Å². The lowest BCUT2D eigenvalue weighted by Gasteiger charge is -2.44. The van der Waals surface area contributed by atoms with Gasteiger partial charge in [-0.2, -0.15) is 0 Å². The predicted octanol–water partition coefficient (Wildman–Crippen LogP) is -0.482. The van der Waals surface area contributed by atoms with Crippen LogP contribution >= 0.6 is 11.8 Å². The van der Waals surface area contributed by atoms with Crippen LogP contribution in [0.3, 0.4) is 0 Å². The lowest BCUT2D eigenvalue weighted by molar-refractivity contribution is -0.161. The quantitative estimate of drug-likeness (QED) is 0.435. The number of nitrogens with zero attached hydrogens (tertiary/aromatic N) is 1. The molecule has 23 heavy (non-hydrogen) atoms. The van der Waals surface area contributed by atoms with E-state index in [9.17, 15) is 24.6 Å². The van der Waals surface area contributed by atoms with Crippen molar-refractivity contribution in [1.82, 2.24) is 4.90 Å². The molecular formula is C14H20N2O6S. The summed E-state index contributed by atoms with van der Waals surface area (Å²) in [7, 11) is 1.23. The van der Waals surface area contributed by atoms with Crippen LogP contribution in [0.4, 0.5) is 0 Å². The number of aliphatic hydroxyl groups is 1. The Labute approximate surface area is 137 Å². The molecule has 1 saturated heterocycles. The maximum Gasteiger partial charge on any atom is 0.353 e. The molecule has 0 aliphatic carbocycles. The summed E-state index contributed by atoms with van der Waals surface area (Å²) in [5.41, 5.74) is 4.53. The first-order valence-corrected chi connectivity index (χ1v) is 8.08. The summed E-state index contributed by atoms with van der Waals surface area (Å²) < 4.78 is 4.62. The molecular weight excluding hydrogens is 324 g/mol. The number of nitrogens with two attached hydrogens (primary N) is 1. The molecule has 0 spiro atoms. The van der Waals surface area contributed by atoms with Crippen LogP contribution in [0.2, 0.25) is 0 Å². The zero-order chi connectivity index (χ0) is 17.5. The first-order valence-electron chi connectivity index (χ1n) is 7.09. The van der Waals surface area contributed by atoms with E-state index in [0.717, 1.165) is 11.8 Å². The van der Waals surface area contributed by atoms with Crippen LogP contribution in [-0.2, 0) is 19.1 Å². The number of hydrogen-bond acceptors (Lipinski definition) is 7. The van der Waals surface area contributed by atoms with Crippen LogP contribution in [0.5, 0.6) is 0 Å². The van der Waals surface area contributed by atoms with Gasteiger partial charge in [-0.1, -0.05) is 0 Å². The topological polar surface area (TPSA) is 130 Å². The Morgan fingerprint density at radius 1 is 1.57 bits per heavy atom. The molecule has 0 aromatic rings. The number of carboxylic acid groups (broad SMARTS) is 1. The van der Waals surface area contributed by atoms with E-state index >= 15 is 0 Å². The molecule has 9 heteroatoms. The van der Waals surface area contributed by atoms with Crippen molar-refractivity contribution < 1.29 is 29.3 Å². The number of rotatable bonds is 6. The largest absolute Gasteiger partial charge is 0.477 e. The summed E-state index contributed by atoms with van der Waals surface area (Å²) in [6, 6.07) is -0.349. The van der Waals surface area contributed by atoms with Crippen LogP contribution in [-0.4, -0.2) is 63.5 Å². The average molecular weight is 344 g/mol. The standard InChI is InChI=1S/C14H20N2O6S/c1-6(17)9-7-4-8(10(12(19)20)16(7)11(9)18)23-5-14(2,15)13(21)22-3/h6-7,9,17H,4-5,15H2,1-3H3,(H,19,20)/t6?,7-,9-,14+/m1/s1. The van der Waals surface area contributed by atoms with Crippen molar-refractivity contribution >= 4 is 29.6 Å². The van der Waals surface area contributed by atoms with Crippen LogP contribution in [0, 0.1) is 5.92 Å². The van der Waals surface area contributed by atoms with Crippen molar-refractivity contribution in [2.24, 2.45) is 11.7 Å². The second-order valence-corrected chi connectivity index (χ2v) is 7.09. The van der Waals surface area contributed by atoms with Crippen molar-refractivity contribution in [3.05, 3.63) is 10.6 Å². The summed E-state index contributed by atoms with van der Waals surface area (Å²) in [6.45, 7) is 3.01. The molecule has 2 heterocycles. The number of carbonyl (C=O) groups excluding carboxylic acids is 2. The summed E-state index contributed by atoms with van der Waals surface area (Å²) in [6.07, 6.45) is -0.497. The van der Waals surface area contributed by atoms with Crippen molar-refractivity contribution in [2.45, 2.75) is 38.0 Å². The number of esters is 1. The fraction of sp³-hybridized carbons (Fsp3) is 0.643. The van der Waals surface area contributed by atoms with Gasteiger partial charge in [0.15, 0.2) is 0 Å². The zero-order valence-electron chi connectivity index (χ0n) is 13.1. The highest BCUT2D eigenvalue weighted by Crippen LogP contribution is 2.47. The third-order valence-corrected chi connectivity index (χ3v) is 5.54. The van der Waals surface area contributed by atoms with Gasteiger partial charge in [-0.3, -0.25) is 9.59 Å². The minimum Gasteiger partial charge on any atom is -0.477 e. The molecule has 0 bridgehead atoms. The Kier molecular flexibility index (Phi) is 4.74. The summed E-state index contributed by atoms with van der Waals surface area (Å²) in [5, 5.41) is 19.0. The molecule has 1 fully saturated rings. The SMILES string of the molecule is COC(=O)[C@@](C)(N)CSC1=C(C(=O)O)N2C(=O)[C@H](C(C)O)[C@H]2C1. The Morgan fingerprint density at radius 3 is 2.65 bits per heavy atom. The van der Waals surface area contributed by atoms with Gasteiger partial charge in [0.1, 0.15) is 11.2 Å². The van der Waals surface area contributed by atoms with Crippen molar-refractivity contribution in [3.8, 4) is 0 Å². The smallest absolute Gasteiger partial charge is 0.353 e. The molecule has 4 atom stereocenters. The number of methoxy groups -OCH3 is 1. The number of fused-ring (bicyclic) bond motifs is 1. The fourth-order valence-corrected chi connectivity index (χ4v) is 4.09. The minimum atomic E-state index is -1.26. The van der Waals surface area contributed by atoms with E-state index in [1.807, 2.05) is 0 Å². The van der Waals surface area contributed by atoms with Crippen molar-refractivity contribution in [3.63, 3.8) is 0 Å². The zero-order valence-corrected chi connectivity index (χ0v) is 13.9. The number of thioether (sulfide) groups is 1. The number of ether oxygens (including phenoxy) is 1. The number of hydrogen-bond donors (Lipinski definition) is 3. The summed E-state index contributed by atoms with van der Waals surface area (Å²) in [5.74, 6) is -2.65. The highest BCUT2D eigenvalue weighted by atomic mass is 32.2. The van der Waals surface area contributed by atoms with Gasteiger partial charge in [0.25, 0.3) is 0 Å².